The zero-order valence-electron chi connectivity index (χ0n) is 22.3. The van der Waals surface area contributed by atoms with Gasteiger partial charge in [0, 0.05) is 26.0 Å². The van der Waals surface area contributed by atoms with E-state index >= 15 is 0 Å². The van der Waals surface area contributed by atoms with Gasteiger partial charge in [-0.05, 0) is 46.1 Å². The molecule has 1 amide bonds. The third-order valence-corrected chi connectivity index (χ3v) is 6.45. The minimum absolute atomic E-state index is 0.0873. The number of phosphoric ester groups is 1. The first-order valence-corrected chi connectivity index (χ1v) is 15.0. The maximum Gasteiger partial charge on any atom is 0.474 e. The Morgan fingerprint density at radius 3 is 2.19 bits per heavy atom. The van der Waals surface area contributed by atoms with Gasteiger partial charge in [-0.3, -0.25) is 18.4 Å². The number of alkyl carbamates (subject to hydrolysis) is 1. The maximum atomic E-state index is 12.7. The van der Waals surface area contributed by atoms with Gasteiger partial charge < -0.3 is 19.9 Å². The van der Waals surface area contributed by atoms with E-state index in [9.17, 15) is 14.2 Å². The van der Waals surface area contributed by atoms with Gasteiger partial charge in [0.15, 0.2) is 0 Å². The fourth-order valence-corrected chi connectivity index (χ4v) is 4.43. The van der Waals surface area contributed by atoms with Gasteiger partial charge in [0.25, 0.3) is 0 Å². The van der Waals surface area contributed by atoms with Crippen molar-refractivity contribution in [1.29, 1.82) is 0 Å². The number of esters is 1. The largest absolute Gasteiger partial charge is 0.474 e. The molecule has 0 rings (SSSR count). The van der Waals surface area contributed by atoms with Gasteiger partial charge in [-0.1, -0.05) is 54.1 Å². The molecule has 0 aliphatic heterocycles. The van der Waals surface area contributed by atoms with Crippen molar-refractivity contribution in [2.45, 2.75) is 96.8 Å². The number of carbonyl (C=O) groups is 2. The van der Waals surface area contributed by atoms with Crippen molar-refractivity contribution in [3.05, 3.63) is 12.2 Å². The molecule has 0 fully saturated rings. The highest BCUT2D eigenvalue weighted by Gasteiger charge is 2.32. The van der Waals surface area contributed by atoms with E-state index in [1.807, 2.05) is 6.08 Å². The first kappa shape index (κ1) is 35.0. The average molecular weight is 603 g/mol. The van der Waals surface area contributed by atoms with Gasteiger partial charge in [-0.15, -0.1) is 0 Å². The number of phosphoric acid groups is 1. The average Bonchev–Trinajstić information content (AvgIpc) is 2.79. The van der Waals surface area contributed by atoms with Crippen LogP contribution in [0.1, 0.15) is 79.1 Å². The quantitative estimate of drug-likeness (QED) is 0.0596. The molecule has 0 spiro atoms. The Balaban J connectivity index is 5.22. The fourth-order valence-electron chi connectivity index (χ4n) is 3.07. The summed E-state index contributed by atoms with van der Waals surface area (Å²) in [4.78, 5) is 24.3. The number of carbonyl (C=O) groups excluding carboxylic acids is 2. The molecule has 12 heteroatoms. The summed E-state index contributed by atoms with van der Waals surface area (Å²) in [5, 5.41) is 11.9. The number of halogens is 1. The van der Waals surface area contributed by atoms with Gasteiger partial charge in [-0.25, -0.2) is 9.36 Å². The third-order valence-electron chi connectivity index (χ3n) is 4.72. The highest BCUT2D eigenvalue weighted by Crippen LogP contribution is 2.48. The van der Waals surface area contributed by atoms with Crippen LogP contribution in [0, 0.1) is 0 Å². The predicted molar refractivity (Wildman–Crippen MR) is 142 cm³/mol. The van der Waals surface area contributed by atoms with E-state index in [1.54, 1.807) is 26.8 Å². The molecule has 0 saturated heterocycles. The van der Waals surface area contributed by atoms with Crippen LogP contribution < -0.4 is 5.32 Å². The van der Waals surface area contributed by atoms with Crippen molar-refractivity contribution >= 4 is 35.8 Å². The Bertz CT molecular complexity index is 685. The summed E-state index contributed by atoms with van der Waals surface area (Å²) in [5.41, 5.74) is -0.749. The first-order chi connectivity index (χ1) is 17.0. The van der Waals surface area contributed by atoms with Crippen LogP contribution in [0.4, 0.5) is 4.79 Å². The summed E-state index contributed by atoms with van der Waals surface area (Å²) in [6.07, 6.45) is 10.00. The second-order valence-corrected chi connectivity index (χ2v) is 11.8. The number of alkyl halides is 1. The molecular weight excluding hydrogens is 557 g/mol. The van der Waals surface area contributed by atoms with Gasteiger partial charge in [0.05, 0.1) is 19.3 Å². The Hall–Kier alpha value is -0.970. The summed E-state index contributed by atoms with van der Waals surface area (Å²) in [5.74, 6) is -0.547. The van der Waals surface area contributed by atoms with E-state index in [1.165, 1.54) is 14.0 Å². The van der Waals surface area contributed by atoms with Crippen LogP contribution >= 0.6 is 23.8 Å². The lowest BCUT2D eigenvalue weighted by Gasteiger charge is -2.28. The summed E-state index contributed by atoms with van der Waals surface area (Å²) >= 11 is 3.18. The molecule has 212 valence electrons. The number of amides is 1. The standard InChI is InChI=1S/C24H45BrNO9P/c1-20(28)34-22(15-13-11-9-7-6-8-10-12-14-17-27)21(26-23(29)35-24(2,3)4)19-33-36(30,31-5)32-18-16-25/h13,15,21-22,27H,6-12,14,16-19H2,1-5H3,(H,26,29)/b15-13+/t21-,22+,36?/m0/s1. The van der Waals surface area contributed by atoms with E-state index in [4.69, 9.17) is 28.2 Å². The molecule has 0 bridgehead atoms. The van der Waals surface area contributed by atoms with Gasteiger partial charge in [-0.2, -0.15) is 0 Å². The van der Waals surface area contributed by atoms with E-state index in [-0.39, 0.29) is 19.8 Å². The Kier molecular flexibility index (Phi) is 19.5. The normalized spacial score (nSPS) is 15.3. The monoisotopic (exact) mass is 601 g/mol. The minimum atomic E-state index is -3.88. The molecule has 1 unspecified atom stereocenters. The molecule has 0 aromatic rings. The smallest absolute Gasteiger partial charge is 0.456 e. The lowest BCUT2D eigenvalue weighted by Crippen LogP contribution is -2.48. The van der Waals surface area contributed by atoms with Crippen LogP contribution in [-0.2, 0) is 32.4 Å². The van der Waals surface area contributed by atoms with Crippen LogP contribution in [-0.4, -0.2) is 67.2 Å². The summed E-state index contributed by atoms with van der Waals surface area (Å²) in [6, 6.07) is -0.914. The second kappa shape index (κ2) is 20.1. The summed E-state index contributed by atoms with van der Waals surface area (Å²) < 4.78 is 38.9. The minimum Gasteiger partial charge on any atom is -0.456 e. The number of rotatable bonds is 20. The number of ether oxygens (including phenoxy) is 2. The highest BCUT2D eigenvalue weighted by atomic mass is 79.9. The van der Waals surface area contributed by atoms with Crippen molar-refractivity contribution in [2.24, 2.45) is 0 Å². The Labute approximate surface area is 224 Å². The zero-order chi connectivity index (χ0) is 27.5. The number of nitrogens with one attached hydrogen (secondary N) is 1. The first-order valence-electron chi connectivity index (χ1n) is 12.4. The second-order valence-electron chi connectivity index (χ2n) is 9.19. The van der Waals surface area contributed by atoms with Crippen LogP contribution in [0.15, 0.2) is 12.2 Å². The molecule has 0 radical (unpaired) electrons. The number of allylic oxidation sites excluding steroid dienone is 1. The molecule has 0 aliphatic rings. The van der Waals surface area contributed by atoms with Gasteiger partial charge in [0.1, 0.15) is 11.7 Å². The zero-order valence-corrected chi connectivity index (χ0v) is 24.8. The predicted octanol–water partition coefficient (Wildman–Crippen LogP) is 5.66. The number of aliphatic hydroxyl groups is 1. The van der Waals surface area contributed by atoms with Crippen molar-refractivity contribution < 1.29 is 42.3 Å². The maximum absolute atomic E-state index is 12.7. The molecule has 0 aromatic carbocycles. The SMILES string of the molecule is COP(=O)(OCCBr)OC[C@H](NC(=O)OC(C)(C)C)[C@@H](/C=C/CCCCCCCCCO)OC(C)=O. The Morgan fingerprint density at radius 1 is 1.06 bits per heavy atom. The fraction of sp³-hybridized carbons (Fsp3) is 0.833. The number of aliphatic hydroxyl groups excluding tert-OH is 1. The van der Waals surface area contributed by atoms with E-state index in [0.717, 1.165) is 51.4 Å². The topological polar surface area (TPSA) is 130 Å². The molecule has 10 nitrogen and oxygen atoms in total. The van der Waals surface area contributed by atoms with E-state index < -0.39 is 37.6 Å². The van der Waals surface area contributed by atoms with E-state index in [2.05, 4.69) is 21.2 Å². The summed E-state index contributed by atoms with van der Waals surface area (Å²) in [6.45, 7) is 6.45. The van der Waals surface area contributed by atoms with Crippen LogP contribution in [0.5, 0.6) is 0 Å². The molecule has 0 aliphatic carbocycles. The molecule has 3 atom stereocenters. The van der Waals surface area contributed by atoms with E-state index in [0.29, 0.717) is 5.33 Å². The number of hydrogen-bond acceptors (Lipinski definition) is 9. The molecule has 2 N–H and O–H groups in total. The van der Waals surface area contributed by atoms with Crippen LogP contribution in [0.25, 0.3) is 0 Å². The molecule has 0 saturated carbocycles. The third kappa shape index (κ3) is 19.2. The van der Waals surface area contributed by atoms with Crippen LogP contribution in [0.2, 0.25) is 0 Å². The number of unbranched alkanes of at least 4 members (excludes halogenated alkanes) is 7. The lowest BCUT2D eigenvalue weighted by molar-refractivity contribution is -0.145. The Morgan fingerprint density at radius 2 is 1.67 bits per heavy atom. The van der Waals surface area contributed by atoms with Crippen molar-refractivity contribution in [2.75, 3.05) is 32.3 Å². The molecule has 0 aromatic heterocycles. The molecular formula is C24H45BrNO9P. The van der Waals surface area contributed by atoms with Crippen LogP contribution in [0.3, 0.4) is 0 Å². The summed E-state index contributed by atoms with van der Waals surface area (Å²) in [7, 11) is -2.69. The van der Waals surface area contributed by atoms with Gasteiger partial charge in [0.2, 0.25) is 0 Å². The molecule has 36 heavy (non-hydrogen) atoms. The van der Waals surface area contributed by atoms with Crippen molar-refractivity contribution in [3.8, 4) is 0 Å². The van der Waals surface area contributed by atoms with Crippen molar-refractivity contribution in [3.63, 3.8) is 0 Å². The highest BCUT2D eigenvalue weighted by molar-refractivity contribution is 9.09. The molecule has 0 heterocycles. The lowest BCUT2D eigenvalue weighted by atomic mass is 10.1. The van der Waals surface area contributed by atoms with Gasteiger partial charge >= 0.3 is 19.9 Å². The number of hydrogen-bond donors (Lipinski definition) is 2. The van der Waals surface area contributed by atoms with Crippen molar-refractivity contribution in [1.82, 2.24) is 5.32 Å².